The zero-order chi connectivity index (χ0) is 20.8. The van der Waals surface area contributed by atoms with Crippen molar-refractivity contribution in [2.24, 2.45) is 4.99 Å². The van der Waals surface area contributed by atoms with Crippen LogP contribution < -0.4 is 10.6 Å². The summed E-state index contributed by atoms with van der Waals surface area (Å²) < 4.78 is 26.4. The van der Waals surface area contributed by atoms with E-state index in [4.69, 9.17) is 0 Å². The third kappa shape index (κ3) is 5.25. The van der Waals surface area contributed by atoms with Gasteiger partial charge in [0.05, 0.1) is 18.1 Å². The molecule has 6 heteroatoms. The topological polar surface area (TPSA) is 49.3 Å². The number of hydrogen-bond donors (Lipinski definition) is 2. The molecule has 0 fully saturated rings. The van der Waals surface area contributed by atoms with E-state index in [0.29, 0.717) is 18.2 Å². The Morgan fingerprint density at radius 2 is 1.79 bits per heavy atom. The minimum Gasteiger partial charge on any atom is -0.344 e. The van der Waals surface area contributed by atoms with Gasteiger partial charge in [0, 0.05) is 17.4 Å². The number of anilines is 3. The van der Waals surface area contributed by atoms with Gasteiger partial charge in [-0.25, -0.2) is 13.8 Å². The van der Waals surface area contributed by atoms with Gasteiger partial charge >= 0.3 is 0 Å². The summed E-state index contributed by atoms with van der Waals surface area (Å²) in [5.41, 5.74) is 4.02. The number of amidine groups is 1. The molecule has 0 aliphatic rings. The number of pyridine rings is 1. The fourth-order valence-corrected chi connectivity index (χ4v) is 2.82. The summed E-state index contributed by atoms with van der Waals surface area (Å²) in [5, 5.41) is 6.49. The second-order valence-electron chi connectivity index (χ2n) is 6.56. The molecule has 0 aliphatic carbocycles. The molecule has 2 aromatic carbocycles. The van der Waals surface area contributed by atoms with Crippen LogP contribution in [0.25, 0.3) is 6.08 Å². The normalized spacial score (nSPS) is 11.2. The predicted octanol–water partition coefficient (Wildman–Crippen LogP) is 6.09. The largest absolute Gasteiger partial charge is 0.344 e. The van der Waals surface area contributed by atoms with Gasteiger partial charge in [0.15, 0.2) is 0 Å². The maximum Gasteiger partial charge on any atom is 0.139 e. The molecule has 0 atom stereocenters. The number of halogens is 2. The van der Waals surface area contributed by atoms with Crippen LogP contribution in [-0.2, 0) is 6.54 Å². The minimum atomic E-state index is -0.284. The number of rotatable bonds is 6. The van der Waals surface area contributed by atoms with Crippen LogP contribution >= 0.6 is 0 Å². The van der Waals surface area contributed by atoms with Gasteiger partial charge in [0.2, 0.25) is 0 Å². The molecule has 0 radical (unpaired) electrons. The average molecular weight is 392 g/mol. The molecule has 0 aliphatic heterocycles. The Bertz CT molecular complexity index is 1040. The van der Waals surface area contributed by atoms with E-state index in [2.05, 4.69) is 27.2 Å². The molecule has 0 amide bonds. The van der Waals surface area contributed by atoms with Crippen molar-refractivity contribution in [2.75, 3.05) is 10.6 Å². The van der Waals surface area contributed by atoms with Gasteiger partial charge in [-0.15, -0.1) is 0 Å². The maximum atomic E-state index is 13.4. The molecular formula is C23H22F2N4. The molecule has 4 nitrogen and oxygen atoms in total. The second-order valence-corrected chi connectivity index (χ2v) is 6.56. The first kappa shape index (κ1) is 20.2. The van der Waals surface area contributed by atoms with Crippen LogP contribution in [0.4, 0.5) is 26.0 Å². The van der Waals surface area contributed by atoms with Crippen molar-refractivity contribution < 1.29 is 8.78 Å². The summed E-state index contributed by atoms with van der Waals surface area (Å²) >= 11 is 0. The summed E-state index contributed by atoms with van der Waals surface area (Å²) in [6.45, 7) is 8.00. The molecule has 29 heavy (non-hydrogen) atoms. The van der Waals surface area contributed by atoms with Gasteiger partial charge < -0.3 is 10.6 Å². The maximum absolute atomic E-state index is 13.4. The number of aliphatic imine (C=N–C) groups is 1. The molecule has 0 unspecified atom stereocenters. The van der Waals surface area contributed by atoms with E-state index in [1.165, 1.54) is 24.3 Å². The van der Waals surface area contributed by atoms with E-state index >= 15 is 0 Å². The van der Waals surface area contributed by atoms with Gasteiger partial charge in [0.1, 0.15) is 17.5 Å². The van der Waals surface area contributed by atoms with Gasteiger partial charge in [-0.2, -0.15) is 0 Å². The standard InChI is InChI=1S/C23H22F2N4/c1-4-20-22(28-16(3)27-14-17-5-7-18(24)8-6-17)11-12-26-23(20)29-21-10-9-19(25)13-15(21)2/h4-13H,1,14H2,2-3H3,(H2,26,27,28,29). The summed E-state index contributed by atoms with van der Waals surface area (Å²) in [7, 11) is 0. The van der Waals surface area contributed by atoms with Crippen molar-refractivity contribution in [3.63, 3.8) is 0 Å². The quantitative estimate of drug-likeness (QED) is 0.394. The zero-order valence-corrected chi connectivity index (χ0v) is 16.3. The second kappa shape index (κ2) is 9.10. The van der Waals surface area contributed by atoms with Crippen molar-refractivity contribution in [2.45, 2.75) is 20.4 Å². The molecule has 0 saturated carbocycles. The van der Waals surface area contributed by atoms with Gasteiger partial charge in [-0.1, -0.05) is 24.8 Å². The van der Waals surface area contributed by atoms with Gasteiger partial charge in [0.25, 0.3) is 0 Å². The Morgan fingerprint density at radius 3 is 2.48 bits per heavy atom. The number of hydrogen-bond acceptors (Lipinski definition) is 3. The van der Waals surface area contributed by atoms with E-state index in [0.717, 1.165) is 28.1 Å². The zero-order valence-electron chi connectivity index (χ0n) is 16.3. The fraction of sp³-hybridized carbons (Fsp3) is 0.130. The summed E-state index contributed by atoms with van der Waals surface area (Å²) in [6, 6.07) is 12.6. The van der Waals surface area contributed by atoms with Crippen LogP contribution in [0.2, 0.25) is 0 Å². The Kier molecular flexibility index (Phi) is 6.34. The number of nitrogens with zero attached hydrogens (tertiary/aromatic N) is 2. The Labute approximate surface area is 169 Å². The van der Waals surface area contributed by atoms with Crippen molar-refractivity contribution in [3.05, 3.63) is 89.6 Å². The Balaban J connectivity index is 1.78. The lowest BCUT2D eigenvalue weighted by Crippen LogP contribution is -2.10. The first-order chi connectivity index (χ1) is 14.0. The Morgan fingerprint density at radius 1 is 1.07 bits per heavy atom. The third-order valence-corrected chi connectivity index (χ3v) is 4.36. The van der Waals surface area contributed by atoms with Crippen molar-refractivity contribution >= 4 is 29.1 Å². The lowest BCUT2D eigenvalue weighted by molar-refractivity contribution is 0.626. The van der Waals surface area contributed by atoms with Crippen LogP contribution in [0, 0.1) is 18.6 Å². The summed E-state index contributed by atoms with van der Waals surface area (Å²) in [4.78, 5) is 8.89. The average Bonchev–Trinajstić information content (AvgIpc) is 2.70. The van der Waals surface area contributed by atoms with Crippen molar-refractivity contribution in [1.29, 1.82) is 0 Å². The first-order valence-corrected chi connectivity index (χ1v) is 9.13. The molecule has 0 saturated heterocycles. The van der Waals surface area contributed by atoms with Crippen molar-refractivity contribution in [3.8, 4) is 0 Å². The summed E-state index contributed by atoms with van der Waals surface area (Å²) in [6.07, 6.45) is 3.37. The van der Waals surface area contributed by atoms with Crippen LogP contribution in [0.5, 0.6) is 0 Å². The fourth-order valence-electron chi connectivity index (χ4n) is 2.82. The van der Waals surface area contributed by atoms with Gasteiger partial charge in [-0.3, -0.25) is 4.99 Å². The molecule has 1 aromatic heterocycles. The number of aryl methyl sites for hydroxylation is 1. The van der Waals surface area contributed by atoms with E-state index in [-0.39, 0.29) is 11.6 Å². The predicted molar refractivity (Wildman–Crippen MR) is 116 cm³/mol. The molecule has 1 heterocycles. The molecule has 3 aromatic rings. The smallest absolute Gasteiger partial charge is 0.139 e. The van der Waals surface area contributed by atoms with E-state index < -0.39 is 0 Å². The lowest BCUT2D eigenvalue weighted by Gasteiger charge is -2.15. The molecule has 0 bridgehead atoms. The molecule has 3 rings (SSSR count). The lowest BCUT2D eigenvalue weighted by atomic mass is 10.1. The van der Waals surface area contributed by atoms with Crippen molar-refractivity contribution in [1.82, 2.24) is 4.98 Å². The SMILES string of the molecule is C=Cc1c(NC(C)=NCc2ccc(F)cc2)ccnc1Nc1ccc(F)cc1C. The van der Waals surface area contributed by atoms with Gasteiger partial charge in [-0.05, 0) is 61.4 Å². The first-order valence-electron chi connectivity index (χ1n) is 9.13. The number of benzene rings is 2. The Hall–Kier alpha value is -3.54. The highest BCUT2D eigenvalue weighted by molar-refractivity contribution is 5.96. The highest BCUT2D eigenvalue weighted by atomic mass is 19.1. The third-order valence-electron chi connectivity index (χ3n) is 4.36. The number of nitrogens with one attached hydrogen (secondary N) is 2. The molecular weight excluding hydrogens is 370 g/mol. The number of aromatic nitrogens is 1. The highest BCUT2D eigenvalue weighted by Crippen LogP contribution is 2.28. The van der Waals surface area contributed by atoms with E-state index in [1.54, 1.807) is 30.5 Å². The molecule has 148 valence electrons. The highest BCUT2D eigenvalue weighted by Gasteiger charge is 2.09. The molecule has 2 N–H and O–H groups in total. The minimum absolute atomic E-state index is 0.267. The van der Waals surface area contributed by atoms with E-state index in [1.807, 2.05) is 19.9 Å². The van der Waals surface area contributed by atoms with E-state index in [9.17, 15) is 8.78 Å². The molecule has 0 spiro atoms. The van der Waals surface area contributed by atoms with Crippen LogP contribution in [0.1, 0.15) is 23.6 Å². The monoisotopic (exact) mass is 392 g/mol. The van der Waals surface area contributed by atoms with Crippen LogP contribution in [0.15, 0.2) is 66.3 Å². The van der Waals surface area contributed by atoms with Crippen LogP contribution in [-0.4, -0.2) is 10.8 Å². The summed E-state index contributed by atoms with van der Waals surface area (Å²) in [5.74, 6) is 0.753. The van der Waals surface area contributed by atoms with Crippen LogP contribution in [0.3, 0.4) is 0 Å².